The summed E-state index contributed by atoms with van der Waals surface area (Å²) in [4.78, 5) is 0. The van der Waals surface area contributed by atoms with E-state index in [9.17, 15) is 18.3 Å². The third-order valence-corrected chi connectivity index (χ3v) is 3.06. The fraction of sp³-hybridized carbons (Fsp3) is 0.294. The molecule has 2 aromatic carbocycles. The van der Waals surface area contributed by atoms with Gasteiger partial charge in [0.1, 0.15) is 11.5 Å². The van der Waals surface area contributed by atoms with Crippen LogP contribution < -0.4 is 10.1 Å². The molecule has 0 saturated heterocycles. The fourth-order valence-corrected chi connectivity index (χ4v) is 2.02. The molecular weight excluding hydrogens is 307 g/mol. The predicted molar refractivity (Wildman–Crippen MR) is 81.3 cm³/mol. The topological polar surface area (TPSA) is 41.5 Å². The lowest BCUT2D eigenvalue weighted by Gasteiger charge is -2.11. The lowest BCUT2D eigenvalue weighted by atomic mass is 10.2. The van der Waals surface area contributed by atoms with E-state index in [0.29, 0.717) is 18.8 Å². The lowest BCUT2D eigenvalue weighted by Crippen LogP contribution is -2.23. The molecule has 1 atom stereocenters. The predicted octanol–water partition coefficient (Wildman–Crippen LogP) is 3.97. The van der Waals surface area contributed by atoms with Crippen LogP contribution >= 0.6 is 0 Å². The first-order valence-electron chi connectivity index (χ1n) is 7.17. The van der Waals surface area contributed by atoms with Crippen LogP contribution in [0.3, 0.4) is 0 Å². The van der Waals surface area contributed by atoms with Crippen molar-refractivity contribution in [3.8, 4) is 11.5 Å². The number of nitrogens with one attached hydrogen (secondary N) is 1. The summed E-state index contributed by atoms with van der Waals surface area (Å²) in [5, 5.41) is 12.3. The van der Waals surface area contributed by atoms with Gasteiger partial charge >= 0.3 is 6.18 Å². The van der Waals surface area contributed by atoms with Crippen LogP contribution in [0.25, 0.3) is 0 Å². The molecule has 3 nitrogen and oxygen atoms in total. The minimum absolute atomic E-state index is 0.133. The van der Waals surface area contributed by atoms with Crippen LogP contribution in [-0.2, 0) is 12.7 Å². The molecule has 0 heterocycles. The van der Waals surface area contributed by atoms with Crippen molar-refractivity contribution in [3.63, 3.8) is 0 Å². The largest absolute Gasteiger partial charge is 0.457 e. The molecule has 2 N–H and O–H groups in total. The van der Waals surface area contributed by atoms with Crippen molar-refractivity contribution in [2.24, 2.45) is 0 Å². The summed E-state index contributed by atoms with van der Waals surface area (Å²) in [7, 11) is 0. The van der Waals surface area contributed by atoms with Gasteiger partial charge in [0.2, 0.25) is 0 Å². The summed E-state index contributed by atoms with van der Waals surface area (Å²) in [6.07, 6.45) is -4.84. The van der Waals surface area contributed by atoms with Gasteiger partial charge in [-0.1, -0.05) is 18.2 Å². The highest BCUT2D eigenvalue weighted by Gasteiger charge is 2.30. The van der Waals surface area contributed by atoms with Gasteiger partial charge in [-0.25, -0.2) is 0 Å². The molecule has 0 radical (unpaired) electrons. The number of halogens is 3. The van der Waals surface area contributed by atoms with Crippen LogP contribution in [0.4, 0.5) is 13.2 Å². The monoisotopic (exact) mass is 325 g/mol. The van der Waals surface area contributed by atoms with E-state index in [2.05, 4.69) is 5.32 Å². The number of aliphatic hydroxyl groups is 1. The summed E-state index contributed by atoms with van der Waals surface area (Å²) >= 11 is 0. The van der Waals surface area contributed by atoms with Crippen LogP contribution in [0, 0.1) is 0 Å². The Labute approximate surface area is 132 Å². The summed E-state index contributed by atoms with van der Waals surface area (Å²) in [5.74, 6) is 0.592. The SMILES string of the molecule is CC(O)CNCc1cccc(Oc2cccc(C(F)(F)F)c2)c1. The first-order chi connectivity index (χ1) is 10.8. The van der Waals surface area contributed by atoms with Crippen molar-refractivity contribution >= 4 is 0 Å². The second-order valence-electron chi connectivity index (χ2n) is 5.25. The van der Waals surface area contributed by atoms with Crippen molar-refractivity contribution in [2.45, 2.75) is 25.7 Å². The standard InChI is InChI=1S/C17H18F3NO2/c1-12(22)10-21-11-13-4-2-6-15(8-13)23-16-7-3-5-14(9-16)17(18,19)20/h2-9,12,21-22H,10-11H2,1H3. The first-order valence-corrected chi connectivity index (χ1v) is 7.17. The molecule has 2 aromatic rings. The molecule has 2 rings (SSSR count). The van der Waals surface area contributed by atoms with E-state index in [0.717, 1.165) is 17.7 Å². The number of hydrogen-bond donors (Lipinski definition) is 2. The van der Waals surface area contributed by atoms with Gasteiger partial charge in [0.15, 0.2) is 0 Å². The molecule has 0 aliphatic heterocycles. The normalized spacial score (nSPS) is 12.9. The number of rotatable bonds is 6. The molecule has 0 aliphatic rings. The number of aliphatic hydroxyl groups excluding tert-OH is 1. The fourth-order valence-electron chi connectivity index (χ4n) is 2.02. The van der Waals surface area contributed by atoms with Crippen LogP contribution in [0.15, 0.2) is 48.5 Å². The minimum Gasteiger partial charge on any atom is -0.457 e. The summed E-state index contributed by atoms with van der Waals surface area (Å²) in [6, 6.07) is 11.8. The average molecular weight is 325 g/mol. The third kappa shape index (κ3) is 5.58. The molecule has 0 amide bonds. The van der Waals surface area contributed by atoms with Gasteiger partial charge in [-0.2, -0.15) is 13.2 Å². The van der Waals surface area contributed by atoms with E-state index < -0.39 is 17.8 Å². The van der Waals surface area contributed by atoms with E-state index in [1.807, 2.05) is 6.07 Å². The highest BCUT2D eigenvalue weighted by molar-refractivity contribution is 5.36. The minimum atomic E-state index is -4.40. The number of hydrogen-bond acceptors (Lipinski definition) is 3. The average Bonchev–Trinajstić information content (AvgIpc) is 2.47. The van der Waals surface area contributed by atoms with Gasteiger partial charge in [0.25, 0.3) is 0 Å². The van der Waals surface area contributed by atoms with Crippen molar-refractivity contribution < 1.29 is 23.0 Å². The smallest absolute Gasteiger partial charge is 0.416 e. The Morgan fingerprint density at radius 2 is 1.74 bits per heavy atom. The molecule has 1 unspecified atom stereocenters. The van der Waals surface area contributed by atoms with Crippen molar-refractivity contribution in [1.82, 2.24) is 5.32 Å². The van der Waals surface area contributed by atoms with Gasteiger partial charge in [-0.3, -0.25) is 0 Å². The molecule has 0 spiro atoms. The van der Waals surface area contributed by atoms with E-state index >= 15 is 0 Å². The zero-order valence-electron chi connectivity index (χ0n) is 12.6. The summed E-state index contributed by atoms with van der Waals surface area (Å²) < 4.78 is 43.6. The van der Waals surface area contributed by atoms with Gasteiger partial charge in [-0.05, 0) is 42.8 Å². The van der Waals surface area contributed by atoms with E-state index in [4.69, 9.17) is 4.74 Å². The Morgan fingerprint density at radius 1 is 1.09 bits per heavy atom. The van der Waals surface area contributed by atoms with Crippen LogP contribution in [0.2, 0.25) is 0 Å². The Kier molecular flexibility index (Phi) is 5.63. The molecule has 0 bridgehead atoms. The van der Waals surface area contributed by atoms with Gasteiger partial charge in [0, 0.05) is 13.1 Å². The quantitative estimate of drug-likeness (QED) is 0.844. The van der Waals surface area contributed by atoms with Gasteiger partial charge in [0.05, 0.1) is 11.7 Å². The molecule has 124 valence electrons. The Morgan fingerprint density at radius 3 is 2.39 bits per heavy atom. The van der Waals surface area contributed by atoms with Crippen molar-refractivity contribution in [2.75, 3.05) is 6.54 Å². The van der Waals surface area contributed by atoms with Gasteiger partial charge < -0.3 is 15.2 Å². The maximum absolute atomic E-state index is 12.7. The molecule has 23 heavy (non-hydrogen) atoms. The Bertz CT molecular complexity index is 642. The van der Waals surface area contributed by atoms with Gasteiger partial charge in [-0.15, -0.1) is 0 Å². The highest BCUT2D eigenvalue weighted by atomic mass is 19.4. The molecule has 0 saturated carbocycles. The maximum atomic E-state index is 12.7. The number of alkyl halides is 3. The lowest BCUT2D eigenvalue weighted by molar-refractivity contribution is -0.137. The maximum Gasteiger partial charge on any atom is 0.416 e. The highest BCUT2D eigenvalue weighted by Crippen LogP contribution is 2.32. The first kappa shape index (κ1) is 17.3. The molecule has 0 aromatic heterocycles. The summed E-state index contributed by atoms with van der Waals surface area (Å²) in [5.41, 5.74) is 0.167. The van der Waals surface area contributed by atoms with Crippen LogP contribution in [0.1, 0.15) is 18.1 Å². The van der Waals surface area contributed by atoms with Crippen LogP contribution in [-0.4, -0.2) is 17.8 Å². The zero-order valence-corrected chi connectivity index (χ0v) is 12.6. The van der Waals surface area contributed by atoms with Crippen molar-refractivity contribution in [1.29, 1.82) is 0 Å². The second kappa shape index (κ2) is 7.48. The van der Waals surface area contributed by atoms with Crippen molar-refractivity contribution in [3.05, 3.63) is 59.7 Å². The van der Waals surface area contributed by atoms with E-state index in [1.54, 1.807) is 25.1 Å². The Hall–Kier alpha value is -2.05. The third-order valence-electron chi connectivity index (χ3n) is 3.06. The van der Waals surface area contributed by atoms with E-state index in [-0.39, 0.29) is 5.75 Å². The zero-order chi connectivity index (χ0) is 16.9. The molecule has 0 aliphatic carbocycles. The Balaban J connectivity index is 2.06. The number of ether oxygens (including phenoxy) is 1. The summed E-state index contributed by atoms with van der Waals surface area (Å²) in [6.45, 7) is 2.67. The van der Waals surface area contributed by atoms with Crippen LogP contribution in [0.5, 0.6) is 11.5 Å². The van der Waals surface area contributed by atoms with E-state index in [1.165, 1.54) is 12.1 Å². The number of benzene rings is 2. The molecular formula is C17H18F3NO2. The molecule has 6 heteroatoms. The molecule has 0 fully saturated rings. The second-order valence-corrected chi connectivity index (χ2v) is 5.25.